The number of alkyl halides is 6. The first-order valence-electron chi connectivity index (χ1n) is 4.88. The van der Waals surface area contributed by atoms with Crippen LogP contribution in [0.3, 0.4) is 0 Å². The third-order valence-electron chi connectivity index (χ3n) is 2.42. The Bertz CT molecular complexity index is 458. The van der Waals surface area contributed by atoms with Crippen LogP contribution in [0.25, 0.3) is 0 Å². The smallest absolute Gasteiger partial charge is 0.298 e. The van der Waals surface area contributed by atoms with Gasteiger partial charge in [0.25, 0.3) is 0 Å². The lowest BCUT2D eigenvalue weighted by Crippen LogP contribution is -2.20. The maximum absolute atomic E-state index is 12.7. The first-order chi connectivity index (χ1) is 8.12. The normalized spacial score (nSPS) is 12.6. The molecule has 0 heterocycles. The number of hydrogen-bond donors (Lipinski definition) is 0. The van der Waals surface area contributed by atoms with Gasteiger partial charge in [-0.2, -0.15) is 26.3 Å². The van der Waals surface area contributed by atoms with Crippen molar-refractivity contribution >= 4 is 6.29 Å². The van der Waals surface area contributed by atoms with Crippen molar-refractivity contribution in [2.45, 2.75) is 25.7 Å². The van der Waals surface area contributed by atoms with Gasteiger partial charge in [-0.25, -0.2) is 0 Å². The second kappa shape index (κ2) is 4.62. The van der Waals surface area contributed by atoms with Gasteiger partial charge in [-0.05, 0) is 18.1 Å². The second-order valence-electron chi connectivity index (χ2n) is 3.53. The number of hydrogen-bond acceptors (Lipinski definition) is 1. The van der Waals surface area contributed by atoms with Crippen LogP contribution < -0.4 is 0 Å². The maximum Gasteiger partial charge on any atom is 0.417 e. The number of rotatable bonds is 2. The van der Waals surface area contributed by atoms with E-state index in [1.165, 1.54) is 6.92 Å². The van der Waals surface area contributed by atoms with Gasteiger partial charge < -0.3 is 0 Å². The van der Waals surface area contributed by atoms with E-state index in [9.17, 15) is 31.1 Å². The summed E-state index contributed by atoms with van der Waals surface area (Å²) in [5.74, 6) is 0. The molecule has 0 N–H and O–H groups in total. The highest BCUT2D eigenvalue weighted by Crippen LogP contribution is 2.42. The summed E-state index contributed by atoms with van der Waals surface area (Å²) in [6.07, 6.45) is -10.5. The highest BCUT2D eigenvalue weighted by molar-refractivity contribution is 5.81. The zero-order valence-electron chi connectivity index (χ0n) is 9.12. The van der Waals surface area contributed by atoms with E-state index >= 15 is 0 Å². The zero-order valence-corrected chi connectivity index (χ0v) is 9.12. The average molecular weight is 270 g/mol. The van der Waals surface area contributed by atoms with Gasteiger partial charge in [-0.15, -0.1) is 0 Å². The minimum Gasteiger partial charge on any atom is -0.298 e. The molecule has 0 aliphatic carbocycles. The third kappa shape index (κ3) is 2.65. The Balaban J connectivity index is 3.72. The van der Waals surface area contributed by atoms with Crippen molar-refractivity contribution in [1.82, 2.24) is 0 Å². The lowest BCUT2D eigenvalue weighted by atomic mass is 9.94. The summed E-state index contributed by atoms with van der Waals surface area (Å²) in [6, 6.07) is 1.25. The van der Waals surface area contributed by atoms with Crippen molar-refractivity contribution < 1.29 is 31.1 Å². The van der Waals surface area contributed by atoms with Crippen molar-refractivity contribution in [2.75, 3.05) is 0 Å². The maximum atomic E-state index is 12.7. The molecule has 1 aromatic carbocycles. The van der Waals surface area contributed by atoms with Crippen LogP contribution in [-0.2, 0) is 18.8 Å². The van der Waals surface area contributed by atoms with Crippen LogP contribution in [0.5, 0.6) is 0 Å². The van der Waals surface area contributed by atoms with Crippen LogP contribution in [0.15, 0.2) is 12.1 Å². The van der Waals surface area contributed by atoms with E-state index < -0.39 is 29.0 Å². The molecule has 0 bridgehead atoms. The first-order valence-corrected chi connectivity index (χ1v) is 4.88. The molecule has 100 valence electrons. The molecule has 7 heteroatoms. The number of benzene rings is 1. The summed E-state index contributed by atoms with van der Waals surface area (Å²) >= 11 is 0. The molecule has 0 aromatic heterocycles. The summed E-state index contributed by atoms with van der Waals surface area (Å²) in [5, 5.41) is 0. The van der Waals surface area contributed by atoms with Crippen molar-refractivity contribution in [3.05, 3.63) is 34.4 Å². The molecule has 0 radical (unpaired) electrons. The Kier molecular flexibility index (Phi) is 3.73. The van der Waals surface area contributed by atoms with Gasteiger partial charge >= 0.3 is 12.4 Å². The van der Waals surface area contributed by atoms with E-state index in [0.29, 0.717) is 6.07 Å². The molecule has 1 nitrogen and oxygen atoms in total. The van der Waals surface area contributed by atoms with Crippen LogP contribution >= 0.6 is 0 Å². The number of carbonyl (C=O) groups is 1. The standard InChI is InChI=1S/C11H8F6O/c1-2-6-3-4-8(10(12,13)14)9(7(6)5-18)11(15,16)17/h3-5H,2H2,1H3. The Hall–Kier alpha value is -1.53. The summed E-state index contributed by atoms with van der Waals surface area (Å²) in [7, 11) is 0. The summed E-state index contributed by atoms with van der Waals surface area (Å²) < 4.78 is 75.6. The minimum absolute atomic E-state index is 0.0370. The molecule has 0 amide bonds. The van der Waals surface area contributed by atoms with Gasteiger partial charge in [0.1, 0.15) is 0 Å². The molecule has 0 spiro atoms. The topological polar surface area (TPSA) is 17.1 Å². The Morgan fingerprint density at radius 1 is 1.06 bits per heavy atom. The summed E-state index contributed by atoms with van der Waals surface area (Å²) in [4.78, 5) is 10.7. The van der Waals surface area contributed by atoms with Crippen molar-refractivity contribution in [3.8, 4) is 0 Å². The molecule has 0 aliphatic rings. The number of halogens is 6. The fourth-order valence-electron chi connectivity index (χ4n) is 1.65. The van der Waals surface area contributed by atoms with Gasteiger partial charge in [-0.1, -0.05) is 13.0 Å². The largest absolute Gasteiger partial charge is 0.417 e. The lowest BCUT2D eigenvalue weighted by molar-refractivity contribution is -0.162. The van der Waals surface area contributed by atoms with Gasteiger partial charge in [-0.3, -0.25) is 4.79 Å². The molecule has 0 fully saturated rings. The van der Waals surface area contributed by atoms with E-state index in [4.69, 9.17) is 0 Å². The fourth-order valence-corrected chi connectivity index (χ4v) is 1.65. The molecular weight excluding hydrogens is 262 g/mol. The van der Waals surface area contributed by atoms with E-state index in [-0.39, 0.29) is 18.3 Å². The lowest BCUT2D eigenvalue weighted by Gasteiger charge is -2.19. The van der Waals surface area contributed by atoms with Gasteiger partial charge in [0.2, 0.25) is 0 Å². The van der Waals surface area contributed by atoms with Crippen LogP contribution in [0.4, 0.5) is 26.3 Å². The Morgan fingerprint density at radius 2 is 1.61 bits per heavy atom. The predicted molar refractivity (Wildman–Crippen MR) is 51.2 cm³/mol. The average Bonchev–Trinajstić information content (AvgIpc) is 2.24. The number of aldehydes is 1. The van der Waals surface area contributed by atoms with Gasteiger partial charge in [0.15, 0.2) is 6.29 Å². The molecule has 0 saturated heterocycles. The molecule has 0 aliphatic heterocycles. The molecule has 0 unspecified atom stereocenters. The molecule has 0 saturated carbocycles. The van der Waals surface area contributed by atoms with Gasteiger partial charge in [0.05, 0.1) is 11.1 Å². The highest BCUT2D eigenvalue weighted by atomic mass is 19.4. The molecular formula is C11H8F6O. The SMILES string of the molecule is CCc1ccc(C(F)(F)F)c(C(F)(F)F)c1C=O. The van der Waals surface area contributed by atoms with E-state index in [0.717, 1.165) is 6.07 Å². The zero-order chi connectivity index (χ0) is 14.1. The van der Waals surface area contributed by atoms with Crippen molar-refractivity contribution in [3.63, 3.8) is 0 Å². The summed E-state index contributed by atoms with van der Waals surface area (Å²) in [6.45, 7) is 1.45. The summed E-state index contributed by atoms with van der Waals surface area (Å²) in [5.41, 5.74) is -4.76. The van der Waals surface area contributed by atoms with Crippen LogP contribution in [0.2, 0.25) is 0 Å². The van der Waals surface area contributed by atoms with Crippen LogP contribution in [0.1, 0.15) is 34.0 Å². The first kappa shape index (κ1) is 14.5. The fraction of sp³-hybridized carbons (Fsp3) is 0.364. The Labute approximate surface area is 98.4 Å². The Morgan fingerprint density at radius 3 is 1.94 bits per heavy atom. The molecule has 1 rings (SSSR count). The molecule has 0 atom stereocenters. The van der Waals surface area contributed by atoms with Crippen LogP contribution in [0, 0.1) is 0 Å². The van der Waals surface area contributed by atoms with Crippen LogP contribution in [-0.4, -0.2) is 6.29 Å². The molecule has 1 aromatic rings. The van der Waals surface area contributed by atoms with Crippen molar-refractivity contribution in [1.29, 1.82) is 0 Å². The number of aryl methyl sites for hydroxylation is 1. The number of carbonyl (C=O) groups excluding carboxylic acids is 1. The van der Waals surface area contributed by atoms with E-state index in [1.807, 2.05) is 0 Å². The highest BCUT2D eigenvalue weighted by Gasteiger charge is 2.45. The van der Waals surface area contributed by atoms with Crippen molar-refractivity contribution in [2.24, 2.45) is 0 Å². The quantitative estimate of drug-likeness (QED) is 0.584. The third-order valence-corrected chi connectivity index (χ3v) is 2.42. The monoisotopic (exact) mass is 270 g/mol. The van der Waals surface area contributed by atoms with E-state index in [2.05, 4.69) is 0 Å². The van der Waals surface area contributed by atoms with Gasteiger partial charge in [0, 0.05) is 5.56 Å². The predicted octanol–water partition coefficient (Wildman–Crippen LogP) is 4.10. The second-order valence-corrected chi connectivity index (χ2v) is 3.53. The molecule has 18 heavy (non-hydrogen) atoms. The van der Waals surface area contributed by atoms with E-state index in [1.54, 1.807) is 0 Å². The minimum atomic E-state index is -5.23.